The summed E-state index contributed by atoms with van der Waals surface area (Å²) in [5.41, 5.74) is 0.586. The molecule has 2 rings (SSSR count). The number of hydrogen-bond acceptors (Lipinski definition) is 5. The number of nitrogen functional groups attached to an aromatic ring is 1. The highest BCUT2D eigenvalue weighted by Crippen LogP contribution is 2.11. The lowest BCUT2D eigenvalue weighted by Gasteiger charge is -2.13. The maximum absolute atomic E-state index is 12.0. The Morgan fingerprint density at radius 3 is 2.41 bits per heavy atom. The average molecular weight is 231 g/mol. The molecule has 0 radical (unpaired) electrons. The molecule has 0 unspecified atom stereocenters. The number of nitrogens with two attached hydrogens (primary N) is 1. The average Bonchev–Trinajstić information content (AvgIpc) is 2.33. The van der Waals surface area contributed by atoms with E-state index in [0.717, 1.165) is 4.68 Å². The SMILES string of the molecule is CN(C)c1nnc(-c2ccccc2)c(=O)n1N. The molecule has 0 amide bonds. The number of rotatable bonds is 2. The molecule has 6 nitrogen and oxygen atoms in total. The van der Waals surface area contributed by atoms with Gasteiger partial charge in [-0.1, -0.05) is 30.3 Å². The van der Waals surface area contributed by atoms with Gasteiger partial charge in [-0.25, -0.2) is 0 Å². The Hall–Kier alpha value is -2.37. The van der Waals surface area contributed by atoms with Gasteiger partial charge >= 0.3 is 0 Å². The van der Waals surface area contributed by atoms with Crippen molar-refractivity contribution in [1.29, 1.82) is 0 Å². The molecule has 0 spiro atoms. The molecule has 0 bridgehead atoms. The van der Waals surface area contributed by atoms with Gasteiger partial charge in [-0.05, 0) is 0 Å². The van der Waals surface area contributed by atoms with E-state index in [1.54, 1.807) is 31.1 Å². The first-order chi connectivity index (χ1) is 8.11. The molecule has 1 aromatic heterocycles. The topological polar surface area (TPSA) is 77.0 Å². The maximum atomic E-state index is 12.0. The predicted molar refractivity (Wildman–Crippen MR) is 66.2 cm³/mol. The van der Waals surface area contributed by atoms with E-state index < -0.39 is 0 Å². The summed E-state index contributed by atoms with van der Waals surface area (Å²) in [6, 6.07) is 9.11. The van der Waals surface area contributed by atoms with Crippen LogP contribution in [-0.4, -0.2) is 29.0 Å². The van der Waals surface area contributed by atoms with Crippen LogP contribution in [0.4, 0.5) is 5.95 Å². The Kier molecular flexibility index (Phi) is 2.78. The summed E-state index contributed by atoms with van der Waals surface area (Å²) in [5.74, 6) is 6.00. The molecule has 0 saturated carbocycles. The Balaban J connectivity index is 2.60. The zero-order valence-corrected chi connectivity index (χ0v) is 9.66. The lowest BCUT2D eigenvalue weighted by molar-refractivity contribution is 0.795. The van der Waals surface area contributed by atoms with Gasteiger partial charge in [0.2, 0.25) is 5.95 Å². The van der Waals surface area contributed by atoms with Gasteiger partial charge in [0.25, 0.3) is 5.56 Å². The highest BCUT2D eigenvalue weighted by molar-refractivity contribution is 5.57. The van der Waals surface area contributed by atoms with Crippen LogP contribution in [0.25, 0.3) is 11.3 Å². The van der Waals surface area contributed by atoms with Crippen molar-refractivity contribution >= 4 is 5.95 Å². The molecule has 1 aromatic carbocycles. The van der Waals surface area contributed by atoms with Crippen molar-refractivity contribution in [3.8, 4) is 11.3 Å². The first kappa shape index (κ1) is 11.1. The molecule has 1 heterocycles. The van der Waals surface area contributed by atoms with Crippen LogP contribution in [0.5, 0.6) is 0 Å². The quantitative estimate of drug-likeness (QED) is 0.741. The summed E-state index contributed by atoms with van der Waals surface area (Å²) in [6.45, 7) is 0. The van der Waals surface area contributed by atoms with Gasteiger partial charge in [0.15, 0.2) is 5.69 Å². The van der Waals surface area contributed by atoms with E-state index in [4.69, 9.17) is 5.84 Å². The van der Waals surface area contributed by atoms with Crippen molar-refractivity contribution in [2.75, 3.05) is 24.8 Å². The van der Waals surface area contributed by atoms with Gasteiger partial charge in [-0.15, -0.1) is 10.2 Å². The highest BCUT2D eigenvalue weighted by atomic mass is 16.1. The fraction of sp³-hybridized carbons (Fsp3) is 0.182. The molecular formula is C11H13N5O. The van der Waals surface area contributed by atoms with Gasteiger partial charge in [0.1, 0.15) is 0 Å². The molecule has 0 aliphatic heterocycles. The smallest absolute Gasteiger partial charge is 0.300 e. The molecule has 2 N–H and O–H groups in total. The minimum Gasteiger partial charge on any atom is -0.346 e. The summed E-state index contributed by atoms with van der Waals surface area (Å²) in [7, 11) is 3.49. The fourth-order valence-electron chi connectivity index (χ4n) is 1.47. The van der Waals surface area contributed by atoms with Crippen LogP contribution < -0.4 is 16.3 Å². The largest absolute Gasteiger partial charge is 0.346 e. The zero-order chi connectivity index (χ0) is 12.4. The van der Waals surface area contributed by atoms with Crippen molar-refractivity contribution in [2.45, 2.75) is 0 Å². The Bertz CT molecular complexity index is 576. The van der Waals surface area contributed by atoms with Crippen LogP contribution in [0.2, 0.25) is 0 Å². The first-order valence-corrected chi connectivity index (χ1v) is 5.09. The minimum atomic E-state index is -0.366. The summed E-state index contributed by atoms with van der Waals surface area (Å²) in [5, 5.41) is 7.85. The van der Waals surface area contributed by atoms with Crippen molar-refractivity contribution in [3.05, 3.63) is 40.7 Å². The minimum absolute atomic E-state index is 0.249. The van der Waals surface area contributed by atoms with E-state index in [1.165, 1.54) is 0 Å². The molecule has 6 heteroatoms. The van der Waals surface area contributed by atoms with Crippen molar-refractivity contribution in [1.82, 2.24) is 14.9 Å². The standard InChI is InChI=1S/C11H13N5O/c1-15(2)11-14-13-9(10(17)16(11)12)8-6-4-3-5-7-8/h3-7H,12H2,1-2H3. The van der Waals surface area contributed by atoms with E-state index in [2.05, 4.69) is 10.2 Å². The van der Waals surface area contributed by atoms with Gasteiger partial charge < -0.3 is 10.7 Å². The molecule has 0 saturated heterocycles. The van der Waals surface area contributed by atoms with Crippen molar-refractivity contribution in [3.63, 3.8) is 0 Å². The molecule has 0 aliphatic rings. The number of benzene rings is 1. The van der Waals surface area contributed by atoms with Crippen LogP contribution in [0.15, 0.2) is 35.1 Å². The molecule has 0 fully saturated rings. The summed E-state index contributed by atoms with van der Waals surface area (Å²) in [6.07, 6.45) is 0. The monoisotopic (exact) mass is 231 g/mol. The number of aromatic nitrogens is 3. The van der Waals surface area contributed by atoms with Crippen molar-refractivity contribution < 1.29 is 0 Å². The van der Waals surface area contributed by atoms with E-state index in [9.17, 15) is 4.79 Å². The first-order valence-electron chi connectivity index (χ1n) is 5.09. The lowest BCUT2D eigenvalue weighted by atomic mass is 10.2. The summed E-state index contributed by atoms with van der Waals surface area (Å²) in [4.78, 5) is 13.6. The van der Waals surface area contributed by atoms with Gasteiger partial charge in [0.05, 0.1) is 0 Å². The molecule has 2 aromatic rings. The van der Waals surface area contributed by atoms with E-state index in [-0.39, 0.29) is 11.3 Å². The fourth-order valence-corrected chi connectivity index (χ4v) is 1.47. The van der Waals surface area contributed by atoms with Crippen LogP contribution in [0.1, 0.15) is 0 Å². The molecular weight excluding hydrogens is 218 g/mol. The number of hydrogen-bond donors (Lipinski definition) is 1. The van der Waals surface area contributed by atoms with Crippen LogP contribution in [0, 0.1) is 0 Å². The van der Waals surface area contributed by atoms with Gasteiger partial charge in [-0.3, -0.25) is 4.79 Å². The lowest BCUT2D eigenvalue weighted by Crippen LogP contribution is -2.35. The highest BCUT2D eigenvalue weighted by Gasteiger charge is 2.12. The maximum Gasteiger partial charge on any atom is 0.300 e. The van der Waals surface area contributed by atoms with Crippen LogP contribution >= 0.6 is 0 Å². The Morgan fingerprint density at radius 2 is 1.82 bits per heavy atom. The van der Waals surface area contributed by atoms with E-state index in [1.807, 2.05) is 18.2 Å². The number of anilines is 1. The third-order valence-corrected chi connectivity index (χ3v) is 2.32. The van der Waals surface area contributed by atoms with E-state index >= 15 is 0 Å². The van der Waals surface area contributed by atoms with E-state index in [0.29, 0.717) is 11.5 Å². The van der Waals surface area contributed by atoms with Crippen molar-refractivity contribution in [2.24, 2.45) is 0 Å². The Labute approximate surface area is 98.3 Å². The summed E-state index contributed by atoms with van der Waals surface area (Å²) < 4.78 is 0.995. The third kappa shape index (κ3) is 1.96. The molecule has 0 aliphatic carbocycles. The number of nitrogens with zero attached hydrogens (tertiary/aromatic N) is 4. The second-order valence-corrected chi connectivity index (χ2v) is 3.78. The molecule has 17 heavy (non-hydrogen) atoms. The van der Waals surface area contributed by atoms with Gasteiger partial charge in [0, 0.05) is 19.7 Å². The Morgan fingerprint density at radius 1 is 1.18 bits per heavy atom. The van der Waals surface area contributed by atoms with Crippen LogP contribution in [-0.2, 0) is 0 Å². The molecule has 0 atom stereocenters. The normalized spacial score (nSPS) is 10.2. The predicted octanol–water partition coefficient (Wildman–Crippen LogP) is 0.0851. The van der Waals surface area contributed by atoms with Crippen LogP contribution in [0.3, 0.4) is 0 Å². The summed E-state index contributed by atoms with van der Waals surface area (Å²) >= 11 is 0. The molecule has 88 valence electrons. The third-order valence-electron chi connectivity index (χ3n) is 2.32. The van der Waals surface area contributed by atoms with Gasteiger partial charge in [-0.2, -0.15) is 4.68 Å². The second kappa shape index (κ2) is 4.25. The zero-order valence-electron chi connectivity index (χ0n) is 9.66. The second-order valence-electron chi connectivity index (χ2n) is 3.78.